The van der Waals surface area contributed by atoms with Crippen molar-refractivity contribution in [2.45, 2.75) is 25.6 Å². The molecule has 0 aromatic heterocycles. The minimum absolute atomic E-state index is 0.0816. The van der Waals surface area contributed by atoms with Crippen LogP contribution in [0.1, 0.15) is 27.9 Å². The van der Waals surface area contributed by atoms with E-state index >= 15 is 0 Å². The molecule has 3 aromatic rings. The monoisotopic (exact) mass is 484 g/mol. The van der Waals surface area contributed by atoms with E-state index in [1.54, 1.807) is 42.3 Å². The van der Waals surface area contributed by atoms with E-state index in [1.807, 2.05) is 60.7 Å². The third-order valence-electron chi connectivity index (χ3n) is 5.87. The number of likely N-dealkylation sites (tertiary alicyclic amines) is 1. The van der Waals surface area contributed by atoms with Crippen LogP contribution in [0.5, 0.6) is 0 Å². The van der Waals surface area contributed by atoms with Crippen molar-refractivity contribution in [3.8, 4) is 0 Å². The van der Waals surface area contributed by atoms with Gasteiger partial charge in [-0.2, -0.15) is 0 Å². The number of amides is 4. The number of nitrogens with zero attached hydrogens (tertiary/aromatic N) is 3. The van der Waals surface area contributed by atoms with Crippen LogP contribution in [-0.2, 0) is 22.8 Å². The first-order valence-electron chi connectivity index (χ1n) is 11.7. The smallest absolute Gasteiger partial charge is 0.325 e. The largest absolute Gasteiger partial charge is 0.391 e. The lowest BCUT2D eigenvalue weighted by Crippen LogP contribution is -2.51. The number of carbonyl (C=O) groups is 3. The first-order valence-corrected chi connectivity index (χ1v) is 11.7. The van der Waals surface area contributed by atoms with E-state index in [-0.39, 0.29) is 25.5 Å². The molecule has 1 aliphatic heterocycles. The lowest BCUT2D eigenvalue weighted by molar-refractivity contribution is -0.134. The summed E-state index contributed by atoms with van der Waals surface area (Å²) in [5.41, 5.74) is 2.84. The molecule has 4 rings (SSSR count). The fourth-order valence-electron chi connectivity index (χ4n) is 4.00. The zero-order valence-corrected chi connectivity index (χ0v) is 20.0. The molecule has 1 aliphatic rings. The van der Waals surface area contributed by atoms with Crippen molar-refractivity contribution in [2.24, 2.45) is 5.16 Å². The molecule has 0 spiro atoms. The number of likely N-dealkylation sites (N-methyl/N-ethyl adjacent to an activating group) is 1. The van der Waals surface area contributed by atoms with Crippen LogP contribution in [-0.4, -0.2) is 53.0 Å². The van der Waals surface area contributed by atoms with Crippen LogP contribution in [0.15, 0.2) is 96.2 Å². The Morgan fingerprint density at radius 2 is 1.50 bits per heavy atom. The van der Waals surface area contributed by atoms with Crippen molar-refractivity contribution in [2.75, 3.05) is 13.6 Å². The van der Waals surface area contributed by atoms with Gasteiger partial charge in [-0.15, -0.1) is 0 Å². The quantitative estimate of drug-likeness (QED) is 0.516. The molecule has 36 heavy (non-hydrogen) atoms. The molecule has 4 amide bonds. The van der Waals surface area contributed by atoms with Crippen molar-refractivity contribution in [1.82, 2.24) is 15.1 Å². The molecule has 1 N–H and O–H groups in total. The van der Waals surface area contributed by atoms with Gasteiger partial charge in [-0.25, -0.2) is 4.79 Å². The molecule has 1 saturated heterocycles. The molecule has 3 aromatic carbocycles. The highest BCUT2D eigenvalue weighted by atomic mass is 16.6. The van der Waals surface area contributed by atoms with E-state index in [1.165, 1.54) is 4.90 Å². The minimum atomic E-state index is -0.804. The maximum Gasteiger partial charge on any atom is 0.325 e. The van der Waals surface area contributed by atoms with Crippen LogP contribution in [0, 0.1) is 0 Å². The van der Waals surface area contributed by atoms with Gasteiger partial charge in [0.2, 0.25) is 5.91 Å². The zero-order chi connectivity index (χ0) is 25.3. The third-order valence-corrected chi connectivity index (χ3v) is 5.87. The van der Waals surface area contributed by atoms with Crippen LogP contribution in [0.25, 0.3) is 0 Å². The summed E-state index contributed by atoms with van der Waals surface area (Å²) >= 11 is 0. The van der Waals surface area contributed by atoms with Crippen LogP contribution in [0.3, 0.4) is 0 Å². The lowest BCUT2D eigenvalue weighted by Gasteiger charge is -2.27. The van der Waals surface area contributed by atoms with Gasteiger partial charge in [-0.1, -0.05) is 84.0 Å². The molecule has 0 radical (unpaired) electrons. The van der Waals surface area contributed by atoms with E-state index in [0.29, 0.717) is 17.8 Å². The Balaban J connectivity index is 1.47. The van der Waals surface area contributed by atoms with Crippen molar-refractivity contribution >= 4 is 23.6 Å². The molecule has 8 nitrogen and oxygen atoms in total. The number of urea groups is 1. The molecule has 8 heteroatoms. The second-order valence-electron chi connectivity index (χ2n) is 8.57. The van der Waals surface area contributed by atoms with Gasteiger partial charge in [0.1, 0.15) is 12.6 Å². The highest BCUT2D eigenvalue weighted by Crippen LogP contribution is 2.20. The SMILES string of the molecule is CN(Cc1ccccc1)C(=O)[C@@H]1CC(=NOCc2ccccc2)CN1C(=O)NC(=O)c1ccccc1. The van der Waals surface area contributed by atoms with E-state index < -0.39 is 18.0 Å². The highest BCUT2D eigenvalue weighted by Gasteiger charge is 2.40. The van der Waals surface area contributed by atoms with Crippen molar-refractivity contribution in [3.63, 3.8) is 0 Å². The third kappa shape index (κ3) is 6.35. The Bertz CT molecular complexity index is 1220. The van der Waals surface area contributed by atoms with Gasteiger partial charge in [0.05, 0.1) is 12.3 Å². The normalized spacial score (nSPS) is 16.0. The summed E-state index contributed by atoms with van der Waals surface area (Å²) < 4.78 is 0. The number of imide groups is 1. The van der Waals surface area contributed by atoms with Crippen LogP contribution >= 0.6 is 0 Å². The Morgan fingerprint density at radius 3 is 2.14 bits per heavy atom. The molecule has 1 heterocycles. The van der Waals surface area contributed by atoms with Gasteiger partial charge in [0, 0.05) is 25.6 Å². The fraction of sp³-hybridized carbons (Fsp3) is 0.214. The van der Waals surface area contributed by atoms with E-state index in [0.717, 1.165) is 11.1 Å². The average Bonchev–Trinajstić information content (AvgIpc) is 3.34. The number of hydrogen-bond acceptors (Lipinski definition) is 5. The van der Waals surface area contributed by atoms with Gasteiger partial charge in [0.15, 0.2) is 0 Å². The van der Waals surface area contributed by atoms with Gasteiger partial charge in [-0.3, -0.25) is 14.9 Å². The van der Waals surface area contributed by atoms with Crippen LogP contribution in [0.4, 0.5) is 4.79 Å². The Labute approximate surface area is 210 Å². The molecule has 1 atom stereocenters. The van der Waals surface area contributed by atoms with Crippen molar-refractivity contribution in [3.05, 3.63) is 108 Å². The number of nitrogens with one attached hydrogen (secondary N) is 1. The molecular weight excluding hydrogens is 456 g/mol. The maximum atomic E-state index is 13.4. The lowest BCUT2D eigenvalue weighted by atomic mass is 10.1. The van der Waals surface area contributed by atoms with E-state index in [9.17, 15) is 14.4 Å². The molecule has 0 bridgehead atoms. The highest BCUT2D eigenvalue weighted by molar-refractivity contribution is 6.07. The molecule has 0 saturated carbocycles. The summed E-state index contributed by atoms with van der Waals surface area (Å²) in [6, 6.07) is 26.2. The predicted octanol–water partition coefficient (Wildman–Crippen LogP) is 3.84. The van der Waals surface area contributed by atoms with Crippen LogP contribution in [0.2, 0.25) is 0 Å². The zero-order valence-electron chi connectivity index (χ0n) is 20.0. The van der Waals surface area contributed by atoms with Gasteiger partial charge >= 0.3 is 6.03 Å². The molecule has 184 valence electrons. The van der Waals surface area contributed by atoms with E-state index in [2.05, 4.69) is 10.5 Å². The summed E-state index contributed by atoms with van der Waals surface area (Å²) in [6.45, 7) is 0.749. The summed E-state index contributed by atoms with van der Waals surface area (Å²) in [5.74, 6) is -0.774. The number of carbonyl (C=O) groups excluding carboxylic acids is 3. The summed E-state index contributed by atoms with van der Waals surface area (Å²) in [4.78, 5) is 47.5. The van der Waals surface area contributed by atoms with Gasteiger partial charge < -0.3 is 14.6 Å². The second kappa shape index (κ2) is 11.8. The average molecular weight is 485 g/mol. The molecule has 0 unspecified atom stereocenters. The Kier molecular flexibility index (Phi) is 8.08. The molecule has 0 aliphatic carbocycles. The van der Waals surface area contributed by atoms with E-state index in [4.69, 9.17) is 4.84 Å². The maximum absolute atomic E-state index is 13.4. The second-order valence-corrected chi connectivity index (χ2v) is 8.57. The van der Waals surface area contributed by atoms with Crippen LogP contribution < -0.4 is 5.32 Å². The minimum Gasteiger partial charge on any atom is -0.391 e. The van der Waals surface area contributed by atoms with Crippen molar-refractivity contribution < 1.29 is 19.2 Å². The first kappa shape index (κ1) is 24.7. The number of benzene rings is 3. The number of rotatable bonds is 7. The molecular formula is C28H28N4O4. The summed E-state index contributed by atoms with van der Waals surface area (Å²) in [5, 5.41) is 6.60. The first-order chi connectivity index (χ1) is 17.5. The summed E-state index contributed by atoms with van der Waals surface area (Å²) in [6.07, 6.45) is 0.222. The topological polar surface area (TPSA) is 91.3 Å². The van der Waals surface area contributed by atoms with Gasteiger partial charge in [-0.05, 0) is 23.3 Å². The van der Waals surface area contributed by atoms with Gasteiger partial charge in [0.25, 0.3) is 5.91 Å². The Hall–Kier alpha value is -4.46. The number of hydrogen-bond donors (Lipinski definition) is 1. The standard InChI is InChI=1S/C28H28N4O4/c1-31(18-21-11-5-2-6-12-21)27(34)25-17-24(30-36-20-22-13-7-3-8-14-22)19-32(25)28(35)29-26(33)23-15-9-4-10-16-23/h2-16,25H,17-20H2,1H3,(H,29,33,35)/t25-/m0/s1. The molecule has 1 fully saturated rings. The Morgan fingerprint density at radius 1 is 0.917 bits per heavy atom. The fourth-order valence-corrected chi connectivity index (χ4v) is 4.00. The van der Waals surface area contributed by atoms with Crippen molar-refractivity contribution in [1.29, 1.82) is 0 Å². The predicted molar refractivity (Wildman–Crippen MR) is 136 cm³/mol. The summed E-state index contributed by atoms with van der Waals surface area (Å²) in [7, 11) is 1.70. The number of oxime groups is 1.